The van der Waals surface area contributed by atoms with Crippen LogP contribution in [0.25, 0.3) is 0 Å². The number of methoxy groups -OCH3 is 2. The topological polar surface area (TPSA) is 111 Å². The van der Waals surface area contributed by atoms with Crippen LogP contribution in [0.5, 0.6) is 11.5 Å². The Balaban J connectivity index is 1.73. The molecule has 0 saturated heterocycles. The van der Waals surface area contributed by atoms with Crippen molar-refractivity contribution in [2.75, 3.05) is 36.6 Å². The largest absolute Gasteiger partial charge is 0.495 e. The minimum Gasteiger partial charge on any atom is -0.495 e. The number of nitrogens with one attached hydrogen (secondary N) is 1. The number of amides is 1. The van der Waals surface area contributed by atoms with Crippen LogP contribution in [-0.4, -0.2) is 51.5 Å². The SMILES string of the molecule is COc1cc(N(CC(=O)Nc2nnc(SCc3ccccc3)s2)S(C)(=O)=O)c(OC)cc1Cl. The number of ether oxygens (including phenoxy) is 2. The van der Waals surface area contributed by atoms with E-state index < -0.39 is 22.5 Å². The molecule has 13 heteroatoms. The molecule has 1 aromatic heterocycles. The van der Waals surface area contributed by atoms with Gasteiger partial charge in [0.2, 0.25) is 21.1 Å². The molecule has 0 aliphatic rings. The first-order chi connectivity index (χ1) is 15.7. The predicted molar refractivity (Wildman–Crippen MR) is 131 cm³/mol. The average molecular weight is 529 g/mol. The van der Waals surface area contributed by atoms with Gasteiger partial charge in [-0.1, -0.05) is 65.0 Å². The number of nitrogens with zero attached hydrogens (tertiary/aromatic N) is 3. The highest BCUT2D eigenvalue weighted by Crippen LogP contribution is 2.39. The van der Waals surface area contributed by atoms with E-state index in [1.165, 1.54) is 49.5 Å². The fourth-order valence-electron chi connectivity index (χ4n) is 2.75. The summed E-state index contributed by atoms with van der Waals surface area (Å²) in [5, 5.41) is 11.1. The lowest BCUT2D eigenvalue weighted by Gasteiger charge is -2.24. The lowest BCUT2D eigenvalue weighted by molar-refractivity contribution is -0.114. The Morgan fingerprint density at radius 1 is 1.15 bits per heavy atom. The van der Waals surface area contributed by atoms with Gasteiger partial charge in [-0.2, -0.15) is 0 Å². The summed E-state index contributed by atoms with van der Waals surface area (Å²) in [5.74, 6) is 0.538. The van der Waals surface area contributed by atoms with E-state index in [-0.39, 0.29) is 27.3 Å². The van der Waals surface area contributed by atoms with Gasteiger partial charge in [0, 0.05) is 17.9 Å². The minimum absolute atomic E-state index is 0.118. The van der Waals surface area contributed by atoms with Gasteiger partial charge in [-0.05, 0) is 5.56 Å². The lowest BCUT2D eigenvalue weighted by Crippen LogP contribution is -2.37. The summed E-state index contributed by atoms with van der Waals surface area (Å²) in [6, 6.07) is 12.7. The van der Waals surface area contributed by atoms with E-state index in [0.29, 0.717) is 10.1 Å². The molecule has 3 rings (SSSR count). The van der Waals surface area contributed by atoms with Crippen LogP contribution in [0.3, 0.4) is 0 Å². The number of sulfonamides is 1. The Kier molecular flexibility index (Phi) is 8.40. The van der Waals surface area contributed by atoms with Crippen molar-refractivity contribution in [3.63, 3.8) is 0 Å². The molecule has 9 nitrogen and oxygen atoms in total. The number of benzene rings is 2. The smallest absolute Gasteiger partial charge is 0.246 e. The second kappa shape index (κ2) is 11.1. The fraction of sp³-hybridized carbons (Fsp3) is 0.250. The number of rotatable bonds is 10. The lowest BCUT2D eigenvalue weighted by atomic mass is 10.2. The maximum atomic E-state index is 12.7. The fourth-order valence-corrected chi connectivity index (χ4v) is 5.55. The van der Waals surface area contributed by atoms with Crippen LogP contribution in [-0.2, 0) is 20.6 Å². The molecule has 0 aliphatic heterocycles. The molecule has 0 atom stereocenters. The van der Waals surface area contributed by atoms with Crippen molar-refractivity contribution in [1.29, 1.82) is 0 Å². The molecule has 33 heavy (non-hydrogen) atoms. The van der Waals surface area contributed by atoms with E-state index in [2.05, 4.69) is 15.5 Å². The van der Waals surface area contributed by atoms with E-state index in [9.17, 15) is 13.2 Å². The first kappa shape index (κ1) is 25.1. The molecule has 0 bridgehead atoms. The Labute approximate surface area is 205 Å². The van der Waals surface area contributed by atoms with Crippen LogP contribution < -0.4 is 19.1 Å². The molecule has 0 aliphatic carbocycles. The predicted octanol–water partition coefficient (Wildman–Crippen LogP) is 3.91. The highest BCUT2D eigenvalue weighted by Gasteiger charge is 2.26. The van der Waals surface area contributed by atoms with Gasteiger partial charge < -0.3 is 9.47 Å². The summed E-state index contributed by atoms with van der Waals surface area (Å²) in [6.45, 7) is -0.508. The Hall–Kier alpha value is -2.54. The Bertz CT molecular complexity index is 1220. The van der Waals surface area contributed by atoms with Crippen LogP contribution in [0.15, 0.2) is 46.8 Å². The molecule has 176 valence electrons. The van der Waals surface area contributed by atoms with Crippen LogP contribution in [0, 0.1) is 0 Å². The number of carbonyl (C=O) groups is 1. The minimum atomic E-state index is -3.85. The molecular formula is C20H21ClN4O5S3. The summed E-state index contributed by atoms with van der Waals surface area (Å²) in [7, 11) is -1.08. The van der Waals surface area contributed by atoms with E-state index >= 15 is 0 Å². The quantitative estimate of drug-likeness (QED) is 0.311. The summed E-state index contributed by atoms with van der Waals surface area (Å²) < 4.78 is 37.0. The van der Waals surface area contributed by atoms with E-state index in [4.69, 9.17) is 21.1 Å². The number of hydrogen-bond acceptors (Lipinski definition) is 9. The van der Waals surface area contributed by atoms with Crippen molar-refractivity contribution in [3.05, 3.63) is 53.1 Å². The number of halogens is 1. The third-order valence-electron chi connectivity index (χ3n) is 4.27. The standard InChI is InChI=1S/C20H21ClN4O5S3/c1-29-16-10-15(17(30-2)9-14(16)21)25(33(3,27)28)11-18(26)22-19-23-24-20(32-19)31-12-13-7-5-4-6-8-13/h4-10H,11-12H2,1-3H3,(H,22,23,26). The summed E-state index contributed by atoms with van der Waals surface area (Å²) >= 11 is 8.81. The maximum Gasteiger partial charge on any atom is 0.246 e. The van der Waals surface area contributed by atoms with Gasteiger partial charge in [0.15, 0.2) is 4.34 Å². The van der Waals surface area contributed by atoms with Crippen LogP contribution in [0.1, 0.15) is 5.56 Å². The van der Waals surface area contributed by atoms with Gasteiger partial charge in [0.25, 0.3) is 0 Å². The third-order valence-corrected chi connectivity index (χ3v) is 7.73. The van der Waals surface area contributed by atoms with Crippen LogP contribution >= 0.6 is 34.7 Å². The van der Waals surface area contributed by atoms with Gasteiger partial charge in [-0.15, -0.1) is 10.2 Å². The zero-order chi connectivity index (χ0) is 24.0. The van der Waals surface area contributed by atoms with Gasteiger partial charge in [0.05, 0.1) is 31.2 Å². The second-order valence-corrected chi connectivity index (χ2v) is 11.1. The van der Waals surface area contributed by atoms with Crippen molar-refractivity contribution in [2.24, 2.45) is 0 Å². The van der Waals surface area contributed by atoms with E-state index in [1.807, 2.05) is 30.3 Å². The molecule has 3 aromatic rings. The maximum absolute atomic E-state index is 12.7. The number of thioether (sulfide) groups is 1. The van der Waals surface area contributed by atoms with Gasteiger partial charge >= 0.3 is 0 Å². The van der Waals surface area contributed by atoms with Crippen molar-refractivity contribution >= 4 is 61.4 Å². The number of carbonyl (C=O) groups excluding carboxylic acids is 1. The Morgan fingerprint density at radius 2 is 1.85 bits per heavy atom. The summed E-state index contributed by atoms with van der Waals surface area (Å²) in [6.07, 6.45) is 0.990. The van der Waals surface area contributed by atoms with Crippen LogP contribution in [0.4, 0.5) is 10.8 Å². The molecule has 0 unspecified atom stereocenters. The first-order valence-electron chi connectivity index (χ1n) is 9.40. The van der Waals surface area contributed by atoms with Gasteiger partial charge in [-0.3, -0.25) is 14.4 Å². The zero-order valence-corrected chi connectivity index (χ0v) is 21.1. The third kappa shape index (κ3) is 6.73. The average Bonchev–Trinajstić information content (AvgIpc) is 3.23. The van der Waals surface area contributed by atoms with Gasteiger partial charge in [0.1, 0.15) is 18.0 Å². The molecule has 2 aromatic carbocycles. The van der Waals surface area contributed by atoms with Crippen molar-refractivity contribution in [2.45, 2.75) is 10.1 Å². The molecule has 1 N–H and O–H groups in total. The summed E-state index contributed by atoms with van der Waals surface area (Å²) in [4.78, 5) is 12.7. The molecule has 1 heterocycles. The monoisotopic (exact) mass is 528 g/mol. The molecule has 1 amide bonds. The normalized spacial score (nSPS) is 11.2. The first-order valence-corrected chi connectivity index (χ1v) is 13.4. The molecule has 0 spiro atoms. The van der Waals surface area contributed by atoms with Crippen molar-refractivity contribution < 1.29 is 22.7 Å². The molecular weight excluding hydrogens is 508 g/mol. The summed E-state index contributed by atoms with van der Waals surface area (Å²) in [5.41, 5.74) is 1.26. The van der Waals surface area contributed by atoms with Crippen molar-refractivity contribution in [1.82, 2.24) is 10.2 Å². The van der Waals surface area contributed by atoms with E-state index in [1.54, 1.807) is 0 Å². The van der Waals surface area contributed by atoms with Crippen molar-refractivity contribution in [3.8, 4) is 11.5 Å². The van der Waals surface area contributed by atoms with Crippen LogP contribution in [0.2, 0.25) is 5.02 Å². The number of anilines is 2. The second-order valence-electron chi connectivity index (χ2n) is 6.62. The highest BCUT2D eigenvalue weighted by atomic mass is 35.5. The zero-order valence-electron chi connectivity index (χ0n) is 17.9. The van der Waals surface area contributed by atoms with E-state index in [0.717, 1.165) is 16.1 Å². The molecule has 0 radical (unpaired) electrons. The molecule has 0 saturated carbocycles. The Morgan fingerprint density at radius 3 is 2.48 bits per heavy atom. The number of aromatic nitrogens is 2. The molecule has 0 fully saturated rings. The highest BCUT2D eigenvalue weighted by molar-refractivity contribution is 8.00. The number of hydrogen-bond donors (Lipinski definition) is 1. The van der Waals surface area contributed by atoms with Gasteiger partial charge in [-0.25, -0.2) is 8.42 Å².